The number of imidazole rings is 1. The summed E-state index contributed by atoms with van der Waals surface area (Å²) in [5, 5.41) is 19.7. The van der Waals surface area contributed by atoms with Gasteiger partial charge < -0.3 is 10.1 Å². The molecule has 23 heavy (non-hydrogen) atoms. The van der Waals surface area contributed by atoms with Crippen LogP contribution in [0, 0.1) is 11.3 Å². The van der Waals surface area contributed by atoms with Gasteiger partial charge in [0.1, 0.15) is 18.0 Å². The molecular weight excluding hydrogens is 490 g/mol. The number of nitriles is 1. The number of hydrogen-bond acceptors (Lipinski definition) is 3. The smallest absolute Gasteiger partial charge is 0.149 e. The van der Waals surface area contributed by atoms with E-state index in [4.69, 9.17) is 0 Å². The molecule has 0 bridgehead atoms. The number of aromatic nitrogens is 2. The maximum absolute atomic E-state index is 10.2. The molecule has 0 aliphatic heterocycles. The van der Waals surface area contributed by atoms with Gasteiger partial charge in [-0.25, -0.2) is 4.98 Å². The van der Waals surface area contributed by atoms with E-state index < -0.39 is 6.10 Å². The molecule has 0 saturated carbocycles. The number of benzene rings is 1. The van der Waals surface area contributed by atoms with E-state index in [1.54, 1.807) is 6.08 Å². The minimum atomic E-state index is -0.710. The van der Waals surface area contributed by atoms with E-state index in [0.29, 0.717) is 21.5 Å². The van der Waals surface area contributed by atoms with Crippen molar-refractivity contribution in [2.24, 2.45) is 0 Å². The van der Waals surface area contributed by atoms with Crippen LogP contribution in [0.3, 0.4) is 0 Å². The molecule has 2 aromatic rings. The van der Waals surface area contributed by atoms with E-state index in [1.807, 2.05) is 30.3 Å². The van der Waals surface area contributed by atoms with Gasteiger partial charge in [-0.15, -0.1) is 0 Å². The van der Waals surface area contributed by atoms with E-state index in [9.17, 15) is 10.4 Å². The molecule has 0 spiro atoms. The van der Waals surface area contributed by atoms with Crippen LogP contribution in [0.4, 0.5) is 0 Å². The zero-order valence-corrected chi connectivity index (χ0v) is 16.4. The van der Waals surface area contributed by atoms with Crippen molar-refractivity contribution in [2.75, 3.05) is 0 Å². The predicted molar refractivity (Wildman–Crippen MR) is 101 cm³/mol. The molecule has 1 aromatic heterocycles. The van der Waals surface area contributed by atoms with Gasteiger partial charge in [-0.3, -0.25) is 0 Å². The summed E-state index contributed by atoms with van der Waals surface area (Å²) in [6.07, 6.45) is 2.83. The zero-order valence-electron chi connectivity index (χ0n) is 11.6. The summed E-state index contributed by atoms with van der Waals surface area (Å²) < 4.78 is 1.40. The number of nitrogens with zero attached hydrogens (tertiary/aromatic N) is 2. The normalized spacial score (nSPS) is 22.2. The van der Waals surface area contributed by atoms with Crippen LogP contribution < -0.4 is 0 Å². The Morgan fingerprint density at radius 3 is 2.78 bits per heavy atom. The Kier molecular flexibility index (Phi) is 4.87. The number of aromatic amines is 1. The molecule has 116 valence electrons. The maximum Gasteiger partial charge on any atom is 0.149 e. The average Bonchev–Trinajstić information content (AvgIpc) is 2.96. The average molecular weight is 500 g/mol. The van der Waals surface area contributed by atoms with Crippen molar-refractivity contribution in [1.82, 2.24) is 9.97 Å². The van der Waals surface area contributed by atoms with E-state index in [0.717, 1.165) is 15.5 Å². The van der Waals surface area contributed by atoms with E-state index in [-0.39, 0.29) is 4.83 Å². The largest absolute Gasteiger partial charge is 0.386 e. The highest BCUT2D eigenvalue weighted by molar-refractivity contribution is 9.12. The quantitative estimate of drug-likeness (QED) is 0.471. The molecule has 4 nitrogen and oxygen atoms in total. The number of H-pyrrole nitrogens is 1. The summed E-state index contributed by atoms with van der Waals surface area (Å²) in [5.41, 5.74) is 2.77. The molecule has 0 unspecified atom stereocenters. The molecule has 1 heterocycles. The van der Waals surface area contributed by atoms with Crippen molar-refractivity contribution in [3.63, 3.8) is 0 Å². The van der Waals surface area contributed by atoms with E-state index in [2.05, 4.69) is 63.8 Å². The van der Waals surface area contributed by atoms with E-state index in [1.165, 1.54) is 0 Å². The minimum Gasteiger partial charge on any atom is -0.386 e. The summed E-state index contributed by atoms with van der Waals surface area (Å²) in [6.45, 7) is 0. The molecule has 1 aromatic carbocycles. The molecule has 2 N–H and O–H groups in total. The van der Waals surface area contributed by atoms with Crippen LogP contribution in [-0.4, -0.2) is 26.0 Å². The van der Waals surface area contributed by atoms with Gasteiger partial charge >= 0.3 is 0 Å². The van der Waals surface area contributed by atoms with Crippen molar-refractivity contribution in [3.8, 4) is 6.07 Å². The topological polar surface area (TPSA) is 72.7 Å². The highest BCUT2D eigenvalue weighted by Crippen LogP contribution is 2.37. The van der Waals surface area contributed by atoms with Crippen molar-refractivity contribution in [1.29, 1.82) is 5.26 Å². The number of nitrogens with one attached hydrogen (secondary N) is 1. The number of aliphatic hydroxyl groups excluding tert-OH is 1. The highest BCUT2D eigenvalue weighted by Gasteiger charge is 2.26. The second-order valence-electron chi connectivity index (χ2n) is 4.94. The number of rotatable bonds is 2. The van der Waals surface area contributed by atoms with Crippen molar-refractivity contribution >= 4 is 64.4 Å². The fraction of sp³-hybridized carbons (Fsp3) is 0.125. The second-order valence-corrected chi connectivity index (χ2v) is 7.70. The number of para-hydroxylation sites is 2. The summed E-state index contributed by atoms with van der Waals surface area (Å²) in [7, 11) is 0. The number of fused-ring (bicyclic) bond motifs is 1. The summed E-state index contributed by atoms with van der Waals surface area (Å²) in [6, 6.07) is 9.76. The maximum atomic E-state index is 10.2. The van der Waals surface area contributed by atoms with Crippen LogP contribution in [0.15, 0.2) is 51.0 Å². The van der Waals surface area contributed by atoms with Crippen LogP contribution in [0.2, 0.25) is 0 Å². The third-order valence-corrected chi connectivity index (χ3v) is 5.79. The van der Waals surface area contributed by atoms with Crippen LogP contribution in [0.1, 0.15) is 5.82 Å². The minimum absolute atomic E-state index is 0.194. The third kappa shape index (κ3) is 3.22. The number of hydrogen-bond donors (Lipinski definition) is 2. The van der Waals surface area contributed by atoms with Crippen molar-refractivity contribution in [2.45, 2.75) is 10.9 Å². The number of allylic oxidation sites excluding steroid dienone is 4. The van der Waals surface area contributed by atoms with Crippen molar-refractivity contribution < 1.29 is 5.11 Å². The fourth-order valence-corrected chi connectivity index (χ4v) is 4.98. The molecule has 1 aliphatic rings. The lowest BCUT2D eigenvalue weighted by Crippen LogP contribution is -2.23. The van der Waals surface area contributed by atoms with Crippen LogP contribution >= 0.6 is 47.8 Å². The van der Waals surface area contributed by atoms with Gasteiger partial charge in [-0.1, -0.05) is 66.0 Å². The van der Waals surface area contributed by atoms with Gasteiger partial charge in [0.15, 0.2) is 0 Å². The van der Waals surface area contributed by atoms with Crippen LogP contribution in [0.25, 0.3) is 16.6 Å². The van der Waals surface area contributed by atoms with Crippen LogP contribution in [-0.2, 0) is 0 Å². The van der Waals surface area contributed by atoms with Gasteiger partial charge in [0.05, 0.1) is 21.4 Å². The molecule has 1 aliphatic carbocycles. The fourth-order valence-electron chi connectivity index (χ4n) is 2.25. The summed E-state index contributed by atoms with van der Waals surface area (Å²) in [4.78, 5) is 7.39. The van der Waals surface area contributed by atoms with Gasteiger partial charge in [0.2, 0.25) is 0 Å². The predicted octanol–water partition coefficient (Wildman–Crippen LogP) is 4.54. The molecule has 2 atom stereocenters. The molecule has 0 fully saturated rings. The Bertz CT molecular complexity index is 872. The summed E-state index contributed by atoms with van der Waals surface area (Å²) >= 11 is 10.3. The number of alkyl halides is 1. The molecule has 0 radical (unpaired) electrons. The van der Waals surface area contributed by atoms with Gasteiger partial charge in [0.25, 0.3) is 0 Å². The number of aliphatic hydroxyl groups is 1. The summed E-state index contributed by atoms with van der Waals surface area (Å²) in [5.74, 6) is 0.497. The lowest BCUT2D eigenvalue weighted by molar-refractivity contribution is 0.228. The Morgan fingerprint density at radius 2 is 2.09 bits per heavy atom. The number of halogens is 3. The van der Waals surface area contributed by atoms with E-state index >= 15 is 0 Å². The van der Waals surface area contributed by atoms with Gasteiger partial charge in [-0.05, 0) is 18.2 Å². The van der Waals surface area contributed by atoms with Crippen LogP contribution in [0.5, 0.6) is 0 Å². The lowest BCUT2D eigenvalue weighted by Gasteiger charge is -2.22. The Labute approximate surface area is 158 Å². The monoisotopic (exact) mass is 497 g/mol. The van der Waals surface area contributed by atoms with Crippen molar-refractivity contribution in [3.05, 3.63) is 56.8 Å². The Balaban J connectivity index is 2.09. The Morgan fingerprint density at radius 1 is 1.35 bits per heavy atom. The first-order valence-corrected chi connectivity index (χ1v) is 9.18. The zero-order chi connectivity index (χ0) is 16.6. The molecule has 0 saturated heterocycles. The van der Waals surface area contributed by atoms with Gasteiger partial charge in [0, 0.05) is 14.5 Å². The molecule has 3 rings (SSSR count). The lowest BCUT2D eigenvalue weighted by atomic mass is 10.0. The highest BCUT2D eigenvalue weighted by atomic mass is 79.9. The molecular formula is C16H10Br3N3O. The third-order valence-electron chi connectivity index (χ3n) is 3.44. The van der Waals surface area contributed by atoms with Gasteiger partial charge in [-0.2, -0.15) is 5.26 Å². The first kappa shape index (κ1) is 16.7. The standard InChI is InChI=1S/C16H10Br3N3O/c17-10-6-11(18)15(23)14(19)9(10)5-8(7-20)16-21-12-3-1-2-4-13(12)22-16/h1-6,11,15,23H,(H,21,22)/b8-5+/t11-,15-/m0/s1. The Hall–Kier alpha value is -1.20. The molecule has 0 amide bonds. The first-order valence-electron chi connectivity index (χ1n) is 6.67. The molecule has 7 heteroatoms. The first-order chi connectivity index (χ1) is 11.0. The second kappa shape index (κ2) is 6.73. The SMILES string of the molecule is N#C/C(=C\C1=C(Br)[C@@H](O)[C@@H](Br)C=C1Br)c1nc2ccccc2[nH]1.